The number of hydrogen-bond donors (Lipinski definition) is 0. The molecule has 0 aromatic heterocycles. The number of halogens is 2. The molecule has 0 unspecified atom stereocenters. The molecule has 86 valence electrons. The predicted octanol–water partition coefficient (Wildman–Crippen LogP) is 3.98. The Kier molecular flexibility index (Phi) is 5.36. The zero-order valence-electron chi connectivity index (χ0n) is 8.87. The van der Waals surface area contributed by atoms with Gasteiger partial charge in [0.05, 0.1) is 10.6 Å². The Hall–Kier alpha value is -0.990. The number of benzene rings is 1. The van der Waals surface area contributed by atoms with Gasteiger partial charge < -0.3 is 4.74 Å². The SMILES string of the molecule is CCC(=O)c1ccccc1OCC(Cl)=CCl. The van der Waals surface area contributed by atoms with E-state index in [4.69, 9.17) is 27.9 Å². The topological polar surface area (TPSA) is 26.3 Å². The van der Waals surface area contributed by atoms with Crippen LogP contribution in [0.1, 0.15) is 23.7 Å². The minimum absolute atomic E-state index is 0.0431. The highest BCUT2D eigenvalue weighted by atomic mass is 35.5. The molecule has 4 heteroatoms. The van der Waals surface area contributed by atoms with Gasteiger partial charge in [-0.25, -0.2) is 0 Å². The quantitative estimate of drug-likeness (QED) is 0.747. The molecule has 0 saturated carbocycles. The molecule has 0 fully saturated rings. The second-order valence-electron chi connectivity index (χ2n) is 3.12. The molecule has 0 spiro atoms. The number of rotatable bonds is 5. The molecule has 16 heavy (non-hydrogen) atoms. The smallest absolute Gasteiger partial charge is 0.166 e. The number of carbonyl (C=O) groups excluding carboxylic acids is 1. The van der Waals surface area contributed by atoms with Crippen molar-refractivity contribution in [3.8, 4) is 5.75 Å². The summed E-state index contributed by atoms with van der Waals surface area (Å²) in [5.41, 5.74) is 1.82. The standard InChI is InChI=1S/C12H12Cl2O2/c1-2-11(15)10-5-3-4-6-12(10)16-8-9(14)7-13/h3-7H,2,8H2,1H3. The maximum Gasteiger partial charge on any atom is 0.166 e. The minimum atomic E-state index is 0.0431. The number of ketones is 1. The van der Waals surface area contributed by atoms with Gasteiger partial charge in [0.2, 0.25) is 0 Å². The molecule has 0 aliphatic heterocycles. The van der Waals surface area contributed by atoms with Gasteiger partial charge >= 0.3 is 0 Å². The van der Waals surface area contributed by atoms with Crippen LogP contribution in [0.4, 0.5) is 0 Å². The van der Waals surface area contributed by atoms with Crippen molar-refractivity contribution in [2.75, 3.05) is 6.61 Å². The number of para-hydroxylation sites is 1. The molecule has 1 aromatic rings. The van der Waals surface area contributed by atoms with E-state index >= 15 is 0 Å². The van der Waals surface area contributed by atoms with E-state index in [0.717, 1.165) is 0 Å². The number of Topliss-reactive ketones (excluding diaryl/α,β-unsaturated/α-hetero) is 1. The number of carbonyl (C=O) groups is 1. The van der Waals surface area contributed by atoms with Gasteiger partial charge in [-0.15, -0.1) is 0 Å². The minimum Gasteiger partial charge on any atom is -0.487 e. The van der Waals surface area contributed by atoms with Gasteiger partial charge in [0.15, 0.2) is 5.78 Å². The van der Waals surface area contributed by atoms with Crippen molar-refractivity contribution in [1.82, 2.24) is 0 Å². The highest BCUT2D eigenvalue weighted by molar-refractivity contribution is 6.36. The molecule has 2 nitrogen and oxygen atoms in total. The lowest BCUT2D eigenvalue weighted by Crippen LogP contribution is -2.04. The summed E-state index contributed by atoms with van der Waals surface area (Å²) in [4.78, 5) is 11.6. The lowest BCUT2D eigenvalue weighted by molar-refractivity contribution is 0.0984. The molecule has 0 N–H and O–H groups in total. The summed E-state index contributed by atoms with van der Waals surface area (Å²) < 4.78 is 5.41. The Morgan fingerprint density at radius 3 is 2.75 bits per heavy atom. The molecule has 0 saturated heterocycles. The van der Waals surface area contributed by atoms with Crippen molar-refractivity contribution >= 4 is 29.0 Å². The van der Waals surface area contributed by atoms with E-state index in [1.807, 2.05) is 6.92 Å². The Morgan fingerprint density at radius 2 is 2.12 bits per heavy atom. The summed E-state index contributed by atoms with van der Waals surface area (Å²) in [5.74, 6) is 0.576. The van der Waals surface area contributed by atoms with Crippen LogP contribution in [-0.4, -0.2) is 12.4 Å². The molecule has 1 aromatic carbocycles. The molecule has 0 aliphatic carbocycles. The number of hydrogen-bond acceptors (Lipinski definition) is 2. The van der Waals surface area contributed by atoms with Crippen molar-refractivity contribution in [2.24, 2.45) is 0 Å². The third-order valence-electron chi connectivity index (χ3n) is 1.99. The van der Waals surface area contributed by atoms with Crippen LogP contribution in [-0.2, 0) is 0 Å². The molecule has 0 bridgehead atoms. The Labute approximate surface area is 105 Å². The maximum absolute atomic E-state index is 11.6. The zero-order chi connectivity index (χ0) is 12.0. The largest absolute Gasteiger partial charge is 0.487 e. The van der Waals surface area contributed by atoms with Crippen molar-refractivity contribution in [2.45, 2.75) is 13.3 Å². The molecular weight excluding hydrogens is 247 g/mol. The van der Waals surface area contributed by atoms with Gasteiger partial charge in [-0.2, -0.15) is 0 Å². The van der Waals surface area contributed by atoms with Gasteiger partial charge in [0.1, 0.15) is 12.4 Å². The fourth-order valence-corrected chi connectivity index (χ4v) is 1.31. The van der Waals surface area contributed by atoms with Crippen molar-refractivity contribution in [3.63, 3.8) is 0 Å². The van der Waals surface area contributed by atoms with Crippen LogP contribution in [0.25, 0.3) is 0 Å². The molecule has 0 heterocycles. The van der Waals surface area contributed by atoms with Crippen molar-refractivity contribution < 1.29 is 9.53 Å². The van der Waals surface area contributed by atoms with Crippen LogP contribution in [0.3, 0.4) is 0 Å². The monoisotopic (exact) mass is 258 g/mol. The van der Waals surface area contributed by atoms with Gasteiger partial charge in [-0.1, -0.05) is 42.3 Å². The van der Waals surface area contributed by atoms with Crippen molar-refractivity contribution in [3.05, 3.63) is 40.4 Å². The van der Waals surface area contributed by atoms with E-state index in [1.54, 1.807) is 24.3 Å². The third-order valence-corrected chi connectivity index (χ3v) is 2.59. The van der Waals surface area contributed by atoms with Gasteiger partial charge in [-0.05, 0) is 12.1 Å². The van der Waals surface area contributed by atoms with Crippen molar-refractivity contribution in [1.29, 1.82) is 0 Å². The fourth-order valence-electron chi connectivity index (χ4n) is 1.19. The Balaban J connectivity index is 2.83. The van der Waals surface area contributed by atoms with E-state index in [0.29, 0.717) is 22.8 Å². The van der Waals surface area contributed by atoms with E-state index in [-0.39, 0.29) is 12.4 Å². The van der Waals surface area contributed by atoms with E-state index < -0.39 is 0 Å². The second kappa shape index (κ2) is 6.56. The van der Waals surface area contributed by atoms with Gasteiger partial charge in [0, 0.05) is 12.0 Å². The zero-order valence-corrected chi connectivity index (χ0v) is 10.4. The average Bonchev–Trinajstić information content (AvgIpc) is 2.35. The Morgan fingerprint density at radius 1 is 1.44 bits per heavy atom. The summed E-state index contributed by atoms with van der Waals surface area (Å²) >= 11 is 11.1. The summed E-state index contributed by atoms with van der Waals surface area (Å²) in [6.45, 7) is 1.98. The predicted molar refractivity (Wildman–Crippen MR) is 66.3 cm³/mol. The lowest BCUT2D eigenvalue weighted by Gasteiger charge is -2.09. The molecule has 0 aliphatic rings. The number of ether oxygens (including phenoxy) is 1. The van der Waals surface area contributed by atoms with Crippen LogP contribution in [0.2, 0.25) is 0 Å². The fraction of sp³-hybridized carbons (Fsp3) is 0.250. The highest BCUT2D eigenvalue weighted by Crippen LogP contribution is 2.20. The van der Waals surface area contributed by atoms with E-state index in [9.17, 15) is 4.79 Å². The molecule has 0 atom stereocenters. The van der Waals surface area contributed by atoms with Crippen LogP contribution < -0.4 is 4.74 Å². The second-order valence-corrected chi connectivity index (χ2v) is 3.82. The summed E-state index contributed by atoms with van der Waals surface area (Å²) in [6.07, 6.45) is 0.444. The first-order chi connectivity index (χ1) is 7.69. The van der Waals surface area contributed by atoms with E-state index in [1.165, 1.54) is 5.54 Å². The maximum atomic E-state index is 11.6. The van der Waals surface area contributed by atoms with Crippen LogP contribution >= 0.6 is 23.2 Å². The van der Waals surface area contributed by atoms with Gasteiger partial charge in [-0.3, -0.25) is 4.79 Å². The summed E-state index contributed by atoms with van der Waals surface area (Å²) in [5, 5.41) is 0.389. The highest BCUT2D eigenvalue weighted by Gasteiger charge is 2.09. The Bertz CT molecular complexity index is 400. The molecule has 0 amide bonds. The van der Waals surface area contributed by atoms with E-state index in [2.05, 4.69) is 0 Å². The van der Waals surface area contributed by atoms with Crippen LogP contribution in [0.5, 0.6) is 5.75 Å². The first kappa shape index (κ1) is 13.1. The summed E-state index contributed by atoms with van der Waals surface area (Å²) in [7, 11) is 0. The average molecular weight is 259 g/mol. The third kappa shape index (κ3) is 3.54. The summed E-state index contributed by atoms with van der Waals surface area (Å²) in [6, 6.07) is 7.08. The van der Waals surface area contributed by atoms with Crippen LogP contribution in [0, 0.1) is 0 Å². The molecule has 0 radical (unpaired) electrons. The lowest BCUT2D eigenvalue weighted by atomic mass is 10.1. The molecule has 1 rings (SSSR count). The molecular formula is C12H12Cl2O2. The normalized spacial score (nSPS) is 11.3. The van der Waals surface area contributed by atoms with Gasteiger partial charge in [0.25, 0.3) is 0 Å². The first-order valence-electron chi connectivity index (χ1n) is 4.88. The van der Waals surface area contributed by atoms with Crippen LogP contribution in [0.15, 0.2) is 34.8 Å². The first-order valence-corrected chi connectivity index (χ1v) is 5.70.